The van der Waals surface area contributed by atoms with Gasteiger partial charge in [0.1, 0.15) is 5.75 Å². The first-order valence-corrected chi connectivity index (χ1v) is 6.74. The fourth-order valence-corrected chi connectivity index (χ4v) is 2.03. The molecule has 0 aliphatic heterocycles. The second-order valence-corrected chi connectivity index (χ2v) is 4.45. The summed E-state index contributed by atoms with van der Waals surface area (Å²) in [5.41, 5.74) is 6.98. The maximum atomic E-state index is 5.58. The summed E-state index contributed by atoms with van der Waals surface area (Å²) in [6.45, 7) is 5.94. The molecule has 1 atom stereocenters. The Bertz CT molecular complexity index is 294. The molecule has 1 rings (SSSR count). The standard InChI is InChI=1S/C15H25NO/c1-3-12-17-15-9-7-14(8-10-15)13(4-2)6-5-11-16/h7-10,13H,3-6,11-12,16H2,1-2H3. The van der Waals surface area contributed by atoms with Gasteiger partial charge in [0.2, 0.25) is 0 Å². The molecule has 0 saturated carbocycles. The number of rotatable bonds is 8. The minimum absolute atomic E-state index is 0.638. The highest BCUT2D eigenvalue weighted by Crippen LogP contribution is 2.26. The zero-order chi connectivity index (χ0) is 12.5. The van der Waals surface area contributed by atoms with Crippen LogP contribution in [0.5, 0.6) is 5.75 Å². The van der Waals surface area contributed by atoms with E-state index in [1.54, 1.807) is 0 Å². The van der Waals surface area contributed by atoms with Crippen molar-refractivity contribution in [1.82, 2.24) is 0 Å². The van der Waals surface area contributed by atoms with Crippen LogP contribution in [-0.2, 0) is 0 Å². The molecule has 0 aliphatic rings. The average molecular weight is 235 g/mol. The minimum atomic E-state index is 0.638. The Morgan fingerprint density at radius 2 is 1.88 bits per heavy atom. The lowest BCUT2D eigenvalue weighted by atomic mass is 9.92. The topological polar surface area (TPSA) is 35.2 Å². The molecule has 0 bridgehead atoms. The normalized spacial score (nSPS) is 12.4. The predicted octanol–water partition coefficient (Wildman–Crippen LogP) is 3.71. The van der Waals surface area contributed by atoms with E-state index in [1.807, 2.05) is 0 Å². The minimum Gasteiger partial charge on any atom is -0.494 e. The van der Waals surface area contributed by atoms with E-state index in [0.717, 1.165) is 31.7 Å². The van der Waals surface area contributed by atoms with E-state index in [-0.39, 0.29) is 0 Å². The Labute approximate surface area is 105 Å². The third-order valence-electron chi connectivity index (χ3n) is 3.07. The first kappa shape index (κ1) is 14.0. The highest BCUT2D eigenvalue weighted by Gasteiger charge is 2.08. The predicted molar refractivity (Wildman–Crippen MR) is 73.5 cm³/mol. The Kier molecular flexibility index (Phi) is 6.71. The molecule has 0 amide bonds. The lowest BCUT2D eigenvalue weighted by Crippen LogP contribution is -2.04. The maximum Gasteiger partial charge on any atom is 0.119 e. The average Bonchev–Trinajstić information content (AvgIpc) is 2.38. The van der Waals surface area contributed by atoms with Crippen molar-refractivity contribution in [3.05, 3.63) is 29.8 Å². The second kappa shape index (κ2) is 8.13. The van der Waals surface area contributed by atoms with Gasteiger partial charge < -0.3 is 10.5 Å². The molecule has 0 aliphatic carbocycles. The van der Waals surface area contributed by atoms with Crippen molar-refractivity contribution in [1.29, 1.82) is 0 Å². The van der Waals surface area contributed by atoms with Crippen molar-refractivity contribution < 1.29 is 4.74 Å². The fraction of sp³-hybridized carbons (Fsp3) is 0.600. The molecule has 0 heterocycles. The van der Waals surface area contributed by atoms with Gasteiger partial charge in [-0.3, -0.25) is 0 Å². The van der Waals surface area contributed by atoms with Crippen molar-refractivity contribution in [2.75, 3.05) is 13.2 Å². The summed E-state index contributed by atoms with van der Waals surface area (Å²) in [5, 5.41) is 0. The SMILES string of the molecule is CCCOc1ccc(C(CC)CCCN)cc1. The summed E-state index contributed by atoms with van der Waals surface area (Å²) in [5.74, 6) is 1.61. The van der Waals surface area contributed by atoms with Gasteiger partial charge in [-0.15, -0.1) is 0 Å². The van der Waals surface area contributed by atoms with E-state index in [0.29, 0.717) is 5.92 Å². The Morgan fingerprint density at radius 3 is 2.41 bits per heavy atom. The number of ether oxygens (including phenoxy) is 1. The molecule has 0 spiro atoms. The fourth-order valence-electron chi connectivity index (χ4n) is 2.03. The summed E-state index contributed by atoms with van der Waals surface area (Å²) in [6, 6.07) is 8.54. The number of hydrogen-bond donors (Lipinski definition) is 1. The van der Waals surface area contributed by atoms with Gasteiger partial charge in [-0.1, -0.05) is 26.0 Å². The van der Waals surface area contributed by atoms with E-state index in [1.165, 1.54) is 18.4 Å². The molecular formula is C15H25NO. The van der Waals surface area contributed by atoms with Crippen molar-refractivity contribution in [2.24, 2.45) is 5.73 Å². The van der Waals surface area contributed by atoms with Gasteiger partial charge >= 0.3 is 0 Å². The molecule has 1 unspecified atom stereocenters. The van der Waals surface area contributed by atoms with Crippen molar-refractivity contribution >= 4 is 0 Å². The largest absolute Gasteiger partial charge is 0.494 e. The third-order valence-corrected chi connectivity index (χ3v) is 3.07. The molecule has 0 saturated heterocycles. The molecule has 1 aromatic carbocycles. The Balaban J connectivity index is 2.57. The van der Waals surface area contributed by atoms with Gasteiger partial charge in [0.05, 0.1) is 6.61 Å². The molecule has 0 fully saturated rings. The Hall–Kier alpha value is -1.02. The van der Waals surface area contributed by atoms with Crippen LogP contribution in [0.25, 0.3) is 0 Å². The van der Waals surface area contributed by atoms with Gasteiger partial charge in [-0.05, 0) is 55.8 Å². The zero-order valence-corrected chi connectivity index (χ0v) is 11.1. The van der Waals surface area contributed by atoms with Crippen LogP contribution in [-0.4, -0.2) is 13.2 Å². The highest BCUT2D eigenvalue weighted by molar-refractivity contribution is 5.29. The van der Waals surface area contributed by atoms with Crippen LogP contribution in [0.1, 0.15) is 51.0 Å². The van der Waals surface area contributed by atoms with Gasteiger partial charge in [0.15, 0.2) is 0 Å². The molecule has 2 nitrogen and oxygen atoms in total. The Morgan fingerprint density at radius 1 is 1.18 bits per heavy atom. The van der Waals surface area contributed by atoms with Crippen molar-refractivity contribution in [3.63, 3.8) is 0 Å². The van der Waals surface area contributed by atoms with E-state index in [2.05, 4.69) is 38.1 Å². The molecule has 1 aromatic rings. The summed E-state index contributed by atoms with van der Waals surface area (Å²) in [6.07, 6.45) is 4.51. The quantitative estimate of drug-likeness (QED) is 0.745. The zero-order valence-electron chi connectivity index (χ0n) is 11.1. The summed E-state index contributed by atoms with van der Waals surface area (Å²) >= 11 is 0. The van der Waals surface area contributed by atoms with Gasteiger partial charge in [0.25, 0.3) is 0 Å². The van der Waals surface area contributed by atoms with Crippen LogP contribution in [0.2, 0.25) is 0 Å². The van der Waals surface area contributed by atoms with E-state index >= 15 is 0 Å². The van der Waals surface area contributed by atoms with Gasteiger partial charge in [-0.2, -0.15) is 0 Å². The maximum absolute atomic E-state index is 5.58. The van der Waals surface area contributed by atoms with Crippen molar-refractivity contribution in [2.45, 2.75) is 45.4 Å². The number of nitrogens with two attached hydrogens (primary N) is 1. The molecule has 96 valence electrons. The number of benzene rings is 1. The summed E-state index contributed by atoms with van der Waals surface area (Å²) < 4.78 is 5.58. The highest BCUT2D eigenvalue weighted by atomic mass is 16.5. The second-order valence-electron chi connectivity index (χ2n) is 4.45. The summed E-state index contributed by atoms with van der Waals surface area (Å²) in [7, 11) is 0. The van der Waals surface area contributed by atoms with Crippen LogP contribution in [0.3, 0.4) is 0 Å². The molecule has 2 N–H and O–H groups in total. The van der Waals surface area contributed by atoms with E-state index < -0.39 is 0 Å². The first-order chi connectivity index (χ1) is 8.31. The van der Waals surface area contributed by atoms with E-state index in [4.69, 9.17) is 10.5 Å². The number of hydrogen-bond acceptors (Lipinski definition) is 2. The van der Waals surface area contributed by atoms with E-state index in [9.17, 15) is 0 Å². The molecule has 0 aromatic heterocycles. The van der Waals surface area contributed by atoms with Crippen LogP contribution < -0.4 is 10.5 Å². The van der Waals surface area contributed by atoms with Crippen LogP contribution in [0, 0.1) is 0 Å². The molecule has 17 heavy (non-hydrogen) atoms. The molecular weight excluding hydrogens is 210 g/mol. The third kappa shape index (κ3) is 4.78. The van der Waals surface area contributed by atoms with Gasteiger partial charge in [-0.25, -0.2) is 0 Å². The lowest BCUT2D eigenvalue weighted by Gasteiger charge is -2.15. The van der Waals surface area contributed by atoms with Gasteiger partial charge in [0, 0.05) is 0 Å². The molecule has 0 radical (unpaired) electrons. The smallest absolute Gasteiger partial charge is 0.119 e. The van der Waals surface area contributed by atoms with Crippen LogP contribution in [0.4, 0.5) is 0 Å². The van der Waals surface area contributed by atoms with Crippen LogP contribution >= 0.6 is 0 Å². The molecule has 2 heteroatoms. The van der Waals surface area contributed by atoms with Crippen LogP contribution in [0.15, 0.2) is 24.3 Å². The van der Waals surface area contributed by atoms with Crippen molar-refractivity contribution in [3.8, 4) is 5.75 Å². The lowest BCUT2D eigenvalue weighted by molar-refractivity contribution is 0.317. The summed E-state index contributed by atoms with van der Waals surface area (Å²) in [4.78, 5) is 0. The monoisotopic (exact) mass is 235 g/mol. The first-order valence-electron chi connectivity index (χ1n) is 6.74.